The van der Waals surface area contributed by atoms with Gasteiger partial charge in [0.1, 0.15) is 5.78 Å². The Bertz CT molecular complexity index is 201. The average Bonchev–Trinajstić information content (AvgIpc) is 2.32. The lowest BCUT2D eigenvalue weighted by Gasteiger charge is -2.33. The van der Waals surface area contributed by atoms with Gasteiger partial charge in [0.2, 0.25) is 0 Å². The molecule has 2 aliphatic rings. The first-order chi connectivity index (χ1) is 5.70. The molecule has 3 nitrogen and oxygen atoms in total. The molecule has 12 heavy (non-hydrogen) atoms. The zero-order chi connectivity index (χ0) is 8.60. The standard InChI is InChI=1S/C9H16N2O/c1-11-5-3-9(7-11)6-8(12)2-4-10-9/h10H,2-7H2,1H3. The fourth-order valence-electron chi connectivity index (χ4n) is 2.36. The number of ketones is 1. The van der Waals surface area contributed by atoms with Gasteiger partial charge in [0, 0.05) is 31.5 Å². The van der Waals surface area contributed by atoms with Crippen molar-refractivity contribution in [3.05, 3.63) is 0 Å². The molecule has 2 aliphatic heterocycles. The van der Waals surface area contributed by atoms with E-state index in [1.807, 2.05) is 0 Å². The number of hydrogen-bond donors (Lipinski definition) is 1. The van der Waals surface area contributed by atoms with Crippen LogP contribution in [0.5, 0.6) is 0 Å². The summed E-state index contributed by atoms with van der Waals surface area (Å²) in [6.07, 6.45) is 2.61. The lowest BCUT2D eigenvalue weighted by atomic mass is 9.87. The molecule has 0 amide bonds. The molecule has 1 unspecified atom stereocenters. The van der Waals surface area contributed by atoms with Gasteiger partial charge >= 0.3 is 0 Å². The number of hydrogen-bond acceptors (Lipinski definition) is 3. The number of Topliss-reactive ketones (excluding diaryl/α,β-unsaturated/α-hetero) is 1. The summed E-state index contributed by atoms with van der Waals surface area (Å²) in [6.45, 7) is 3.05. The topological polar surface area (TPSA) is 32.3 Å². The minimum absolute atomic E-state index is 0.143. The van der Waals surface area contributed by atoms with E-state index in [2.05, 4.69) is 17.3 Å². The van der Waals surface area contributed by atoms with Crippen LogP contribution >= 0.6 is 0 Å². The van der Waals surface area contributed by atoms with Crippen LogP contribution in [-0.4, -0.2) is 42.9 Å². The molecule has 3 heteroatoms. The van der Waals surface area contributed by atoms with E-state index in [-0.39, 0.29) is 5.54 Å². The normalized spacial score (nSPS) is 37.9. The third-order valence-corrected chi connectivity index (χ3v) is 2.98. The Morgan fingerprint density at radius 2 is 2.42 bits per heavy atom. The summed E-state index contributed by atoms with van der Waals surface area (Å²) in [5.41, 5.74) is 0.143. The molecule has 2 fully saturated rings. The van der Waals surface area contributed by atoms with Crippen molar-refractivity contribution in [1.82, 2.24) is 10.2 Å². The fraction of sp³-hybridized carbons (Fsp3) is 0.889. The van der Waals surface area contributed by atoms with Crippen LogP contribution in [0.15, 0.2) is 0 Å². The Hall–Kier alpha value is -0.410. The molecule has 1 atom stereocenters. The van der Waals surface area contributed by atoms with Gasteiger partial charge in [-0.2, -0.15) is 0 Å². The Morgan fingerprint density at radius 1 is 1.58 bits per heavy atom. The largest absolute Gasteiger partial charge is 0.309 e. The van der Waals surface area contributed by atoms with Crippen LogP contribution in [0.1, 0.15) is 19.3 Å². The summed E-state index contributed by atoms with van der Waals surface area (Å²) >= 11 is 0. The maximum Gasteiger partial charge on any atom is 0.136 e. The summed E-state index contributed by atoms with van der Waals surface area (Å²) in [5, 5.41) is 3.49. The highest BCUT2D eigenvalue weighted by molar-refractivity contribution is 5.80. The molecule has 0 aromatic rings. The minimum atomic E-state index is 0.143. The summed E-state index contributed by atoms with van der Waals surface area (Å²) in [7, 11) is 2.12. The Labute approximate surface area is 73.1 Å². The first kappa shape index (κ1) is 8.20. The van der Waals surface area contributed by atoms with Crippen molar-refractivity contribution >= 4 is 5.78 Å². The van der Waals surface area contributed by atoms with Crippen molar-refractivity contribution in [1.29, 1.82) is 0 Å². The van der Waals surface area contributed by atoms with E-state index in [9.17, 15) is 4.79 Å². The van der Waals surface area contributed by atoms with Gasteiger partial charge in [-0.1, -0.05) is 0 Å². The Balaban J connectivity index is 2.05. The maximum absolute atomic E-state index is 11.3. The Morgan fingerprint density at radius 3 is 3.00 bits per heavy atom. The fourth-order valence-corrected chi connectivity index (χ4v) is 2.36. The van der Waals surface area contributed by atoms with Crippen molar-refractivity contribution in [2.75, 3.05) is 26.7 Å². The second kappa shape index (κ2) is 2.82. The number of nitrogens with zero attached hydrogens (tertiary/aromatic N) is 1. The average molecular weight is 168 g/mol. The van der Waals surface area contributed by atoms with Crippen molar-refractivity contribution in [3.8, 4) is 0 Å². The van der Waals surface area contributed by atoms with Crippen LogP contribution in [0.4, 0.5) is 0 Å². The van der Waals surface area contributed by atoms with Crippen molar-refractivity contribution in [2.45, 2.75) is 24.8 Å². The van der Waals surface area contributed by atoms with Crippen molar-refractivity contribution in [3.63, 3.8) is 0 Å². The number of nitrogens with one attached hydrogen (secondary N) is 1. The highest BCUT2D eigenvalue weighted by atomic mass is 16.1. The monoisotopic (exact) mass is 168 g/mol. The summed E-state index contributed by atoms with van der Waals surface area (Å²) in [4.78, 5) is 13.6. The van der Waals surface area contributed by atoms with E-state index >= 15 is 0 Å². The van der Waals surface area contributed by atoms with E-state index in [0.29, 0.717) is 5.78 Å². The van der Waals surface area contributed by atoms with Crippen LogP contribution < -0.4 is 5.32 Å². The maximum atomic E-state index is 11.3. The second-order valence-electron chi connectivity index (χ2n) is 4.16. The van der Waals surface area contributed by atoms with Crippen molar-refractivity contribution < 1.29 is 4.79 Å². The molecule has 0 bridgehead atoms. The molecule has 0 radical (unpaired) electrons. The van der Waals surface area contributed by atoms with Gasteiger partial charge in [-0.05, 0) is 20.0 Å². The number of likely N-dealkylation sites (N-methyl/N-ethyl adjacent to an activating group) is 1. The van der Waals surface area contributed by atoms with Crippen molar-refractivity contribution in [2.24, 2.45) is 0 Å². The van der Waals surface area contributed by atoms with E-state index < -0.39 is 0 Å². The van der Waals surface area contributed by atoms with E-state index in [1.165, 1.54) is 0 Å². The van der Waals surface area contributed by atoms with Crippen LogP contribution in [0.25, 0.3) is 0 Å². The van der Waals surface area contributed by atoms with Gasteiger partial charge in [-0.15, -0.1) is 0 Å². The van der Waals surface area contributed by atoms with E-state index in [0.717, 1.165) is 38.9 Å². The molecule has 0 aliphatic carbocycles. The summed E-state index contributed by atoms with van der Waals surface area (Å²) in [6, 6.07) is 0. The van der Waals surface area contributed by atoms with Gasteiger partial charge in [0.15, 0.2) is 0 Å². The number of likely N-dealkylation sites (tertiary alicyclic amines) is 1. The van der Waals surface area contributed by atoms with Gasteiger partial charge < -0.3 is 10.2 Å². The second-order valence-corrected chi connectivity index (χ2v) is 4.16. The summed E-state index contributed by atoms with van der Waals surface area (Å²) < 4.78 is 0. The molecule has 2 rings (SSSR count). The van der Waals surface area contributed by atoms with E-state index in [4.69, 9.17) is 0 Å². The molecular weight excluding hydrogens is 152 g/mol. The lowest BCUT2D eigenvalue weighted by Crippen LogP contribution is -2.52. The minimum Gasteiger partial charge on any atom is -0.309 e. The van der Waals surface area contributed by atoms with Gasteiger partial charge in [-0.3, -0.25) is 4.79 Å². The quantitative estimate of drug-likeness (QED) is 0.553. The third kappa shape index (κ3) is 1.39. The molecule has 1 N–H and O–H groups in total. The zero-order valence-electron chi connectivity index (χ0n) is 7.60. The highest BCUT2D eigenvalue weighted by Gasteiger charge is 2.39. The Kier molecular flexibility index (Phi) is 1.93. The smallest absolute Gasteiger partial charge is 0.136 e. The van der Waals surface area contributed by atoms with E-state index in [1.54, 1.807) is 0 Å². The van der Waals surface area contributed by atoms with Crippen LogP contribution in [0.3, 0.4) is 0 Å². The molecule has 2 saturated heterocycles. The predicted octanol–water partition coefficient (Wildman–Crippen LogP) is 0.0132. The van der Waals surface area contributed by atoms with Crippen LogP contribution in [0.2, 0.25) is 0 Å². The first-order valence-corrected chi connectivity index (χ1v) is 4.66. The zero-order valence-corrected chi connectivity index (χ0v) is 7.60. The summed E-state index contributed by atoms with van der Waals surface area (Å²) in [5.74, 6) is 0.434. The molecule has 1 spiro atoms. The van der Waals surface area contributed by atoms with Crippen LogP contribution in [-0.2, 0) is 4.79 Å². The lowest BCUT2D eigenvalue weighted by molar-refractivity contribution is -0.121. The molecule has 0 saturated carbocycles. The van der Waals surface area contributed by atoms with Gasteiger partial charge in [0.05, 0.1) is 0 Å². The molecule has 2 heterocycles. The third-order valence-electron chi connectivity index (χ3n) is 2.98. The number of piperidine rings is 1. The number of carbonyl (C=O) groups excluding carboxylic acids is 1. The molecule has 0 aromatic heterocycles. The molecule has 0 aromatic carbocycles. The SMILES string of the molecule is CN1CCC2(CC(=O)CCN2)C1. The molecular formula is C9H16N2O. The molecule has 68 valence electrons. The number of carbonyl (C=O) groups is 1. The highest BCUT2D eigenvalue weighted by Crippen LogP contribution is 2.26. The van der Waals surface area contributed by atoms with Gasteiger partial charge in [-0.25, -0.2) is 0 Å². The predicted molar refractivity (Wildman–Crippen MR) is 47.1 cm³/mol. The first-order valence-electron chi connectivity index (χ1n) is 4.66. The van der Waals surface area contributed by atoms with Gasteiger partial charge in [0.25, 0.3) is 0 Å². The van der Waals surface area contributed by atoms with Crippen LogP contribution in [0, 0.1) is 0 Å². The number of rotatable bonds is 0.